The monoisotopic (exact) mass is 561 g/mol. The van der Waals surface area contributed by atoms with Gasteiger partial charge >= 0.3 is 5.97 Å². The van der Waals surface area contributed by atoms with Gasteiger partial charge in [0.2, 0.25) is 15.9 Å². The van der Waals surface area contributed by atoms with Gasteiger partial charge in [0.15, 0.2) is 0 Å². The van der Waals surface area contributed by atoms with E-state index in [0.29, 0.717) is 37.3 Å². The third kappa shape index (κ3) is 6.46. The van der Waals surface area contributed by atoms with Crippen LogP contribution < -0.4 is 9.62 Å². The minimum atomic E-state index is -3.69. The van der Waals surface area contributed by atoms with Crippen LogP contribution in [-0.2, 0) is 20.2 Å². The van der Waals surface area contributed by atoms with Gasteiger partial charge in [-0.1, -0.05) is 27.7 Å². The van der Waals surface area contributed by atoms with Gasteiger partial charge in [0, 0.05) is 35.3 Å². The van der Waals surface area contributed by atoms with Gasteiger partial charge in [0.05, 0.1) is 5.69 Å². The van der Waals surface area contributed by atoms with Gasteiger partial charge in [-0.25, -0.2) is 17.9 Å². The fourth-order valence-electron chi connectivity index (χ4n) is 5.53. The molecule has 0 saturated heterocycles. The van der Waals surface area contributed by atoms with Gasteiger partial charge in [-0.3, -0.25) is 9.78 Å². The first kappa shape index (κ1) is 28.7. The van der Waals surface area contributed by atoms with E-state index in [1.54, 1.807) is 11.0 Å². The standard InChI is InChI=1S/C28H39N3O5S2/c1-18-7-9-19(10-8-18)26(32)31(23-16-24(28(2,3)4)37-25(23)27(33)34)21-13-11-20(12-14-21)30-38(35,36)22-6-5-15-29-17-22/h5-6,15-21,30H,7-14H2,1-4H3,(H,33,34). The Morgan fingerprint density at radius 3 is 2.29 bits per heavy atom. The van der Waals surface area contributed by atoms with E-state index in [9.17, 15) is 23.1 Å². The molecule has 208 valence electrons. The van der Waals surface area contributed by atoms with Crippen molar-refractivity contribution in [3.63, 3.8) is 0 Å². The van der Waals surface area contributed by atoms with Crippen molar-refractivity contribution >= 4 is 38.9 Å². The van der Waals surface area contributed by atoms with E-state index in [4.69, 9.17) is 0 Å². The summed E-state index contributed by atoms with van der Waals surface area (Å²) in [7, 11) is -3.69. The number of anilines is 1. The van der Waals surface area contributed by atoms with Crippen LogP contribution in [0.25, 0.3) is 0 Å². The van der Waals surface area contributed by atoms with E-state index in [1.165, 1.54) is 29.8 Å². The van der Waals surface area contributed by atoms with Gasteiger partial charge in [-0.05, 0) is 80.9 Å². The van der Waals surface area contributed by atoms with Crippen molar-refractivity contribution in [2.45, 2.75) is 101 Å². The lowest BCUT2D eigenvalue weighted by molar-refractivity contribution is -0.124. The first-order chi connectivity index (χ1) is 17.9. The number of amides is 1. The summed E-state index contributed by atoms with van der Waals surface area (Å²) >= 11 is 1.25. The molecule has 0 radical (unpaired) electrons. The van der Waals surface area contributed by atoms with Crippen molar-refractivity contribution in [1.29, 1.82) is 0 Å². The van der Waals surface area contributed by atoms with Gasteiger partial charge in [0.25, 0.3) is 0 Å². The molecule has 10 heteroatoms. The van der Waals surface area contributed by atoms with Crippen LogP contribution in [0.5, 0.6) is 0 Å². The Labute approximate surface area is 229 Å². The Morgan fingerprint density at radius 2 is 1.74 bits per heavy atom. The Morgan fingerprint density at radius 1 is 1.08 bits per heavy atom. The van der Waals surface area contributed by atoms with Crippen molar-refractivity contribution in [1.82, 2.24) is 9.71 Å². The van der Waals surface area contributed by atoms with Gasteiger partial charge in [-0.15, -0.1) is 11.3 Å². The normalized spacial score (nSPS) is 24.6. The molecule has 2 heterocycles. The highest BCUT2D eigenvalue weighted by molar-refractivity contribution is 7.89. The molecule has 0 atom stereocenters. The summed E-state index contributed by atoms with van der Waals surface area (Å²) in [6, 6.07) is 4.57. The molecule has 0 aliphatic heterocycles. The molecule has 0 bridgehead atoms. The Bertz CT molecular complexity index is 1240. The molecule has 2 aliphatic carbocycles. The highest BCUT2D eigenvalue weighted by Crippen LogP contribution is 2.42. The molecular formula is C28H39N3O5S2. The largest absolute Gasteiger partial charge is 0.477 e. The first-order valence-corrected chi connectivity index (χ1v) is 15.8. The van der Waals surface area contributed by atoms with Gasteiger partial charge in [-0.2, -0.15) is 0 Å². The molecule has 0 aromatic carbocycles. The van der Waals surface area contributed by atoms with Crippen LogP contribution >= 0.6 is 11.3 Å². The molecule has 2 N–H and O–H groups in total. The maximum absolute atomic E-state index is 14.1. The highest BCUT2D eigenvalue weighted by atomic mass is 32.2. The number of aromatic nitrogens is 1. The number of hydrogen-bond donors (Lipinski definition) is 2. The van der Waals surface area contributed by atoms with Crippen molar-refractivity contribution in [3.8, 4) is 0 Å². The lowest BCUT2D eigenvalue weighted by Crippen LogP contribution is -2.49. The molecule has 2 aromatic rings. The summed E-state index contributed by atoms with van der Waals surface area (Å²) in [6.45, 7) is 8.34. The summed E-state index contributed by atoms with van der Waals surface area (Å²) < 4.78 is 28.4. The molecular weight excluding hydrogens is 522 g/mol. The summed E-state index contributed by atoms with van der Waals surface area (Å²) in [6.07, 6.45) is 8.79. The third-order valence-corrected chi connectivity index (χ3v) is 10.9. The zero-order chi connectivity index (χ0) is 27.7. The van der Waals surface area contributed by atoms with Crippen molar-refractivity contribution in [2.75, 3.05) is 4.90 Å². The summed E-state index contributed by atoms with van der Waals surface area (Å²) in [4.78, 5) is 33.3. The number of nitrogens with one attached hydrogen (secondary N) is 1. The quantitative estimate of drug-likeness (QED) is 0.455. The smallest absolute Gasteiger partial charge is 0.348 e. The van der Waals surface area contributed by atoms with Crippen LogP contribution in [0.1, 0.15) is 93.6 Å². The number of aromatic carboxylic acids is 1. The second-order valence-corrected chi connectivity index (χ2v) is 14.6. The molecule has 1 amide bonds. The van der Waals surface area contributed by atoms with Crippen LogP contribution in [0.3, 0.4) is 0 Å². The molecule has 2 aliphatic rings. The Balaban J connectivity index is 1.59. The van der Waals surface area contributed by atoms with Gasteiger partial charge in [0.1, 0.15) is 9.77 Å². The van der Waals surface area contributed by atoms with E-state index in [1.807, 2.05) is 26.8 Å². The zero-order valence-electron chi connectivity index (χ0n) is 22.6. The van der Waals surface area contributed by atoms with Crippen LogP contribution in [0.15, 0.2) is 35.5 Å². The number of carboxylic acids is 1. The maximum Gasteiger partial charge on any atom is 0.348 e. The number of nitrogens with zero attached hydrogens (tertiary/aromatic N) is 2. The predicted octanol–water partition coefficient (Wildman–Crippen LogP) is 5.59. The average Bonchev–Trinajstić information content (AvgIpc) is 3.32. The molecule has 0 unspecified atom stereocenters. The molecule has 38 heavy (non-hydrogen) atoms. The summed E-state index contributed by atoms with van der Waals surface area (Å²) in [5, 5.41) is 10.1. The molecule has 8 nitrogen and oxygen atoms in total. The van der Waals surface area contributed by atoms with Crippen molar-refractivity contribution in [3.05, 3.63) is 40.3 Å². The number of rotatable bonds is 7. The third-order valence-electron chi connectivity index (χ3n) is 7.84. The number of carbonyl (C=O) groups is 2. The fraction of sp³-hybridized carbons (Fsp3) is 0.607. The van der Waals surface area contributed by atoms with Crippen molar-refractivity contribution < 1.29 is 23.1 Å². The molecule has 2 saturated carbocycles. The molecule has 4 rings (SSSR count). The van der Waals surface area contributed by atoms with E-state index >= 15 is 0 Å². The number of carbonyl (C=O) groups excluding carboxylic acids is 1. The van der Waals surface area contributed by atoms with E-state index in [2.05, 4.69) is 16.6 Å². The zero-order valence-corrected chi connectivity index (χ0v) is 24.3. The second kappa shape index (κ2) is 11.4. The second-order valence-electron chi connectivity index (χ2n) is 11.9. The minimum Gasteiger partial charge on any atom is -0.477 e. The highest BCUT2D eigenvalue weighted by Gasteiger charge is 2.38. The van der Waals surface area contributed by atoms with Crippen molar-refractivity contribution in [2.24, 2.45) is 11.8 Å². The fourth-order valence-corrected chi connectivity index (χ4v) is 7.84. The SMILES string of the molecule is CC1CCC(C(=O)N(c2cc(C(C)(C)C)sc2C(=O)O)C2CCC(NS(=O)(=O)c3cccnc3)CC2)CC1. The molecule has 2 fully saturated rings. The van der Waals surface area contributed by atoms with E-state index in [-0.39, 0.29) is 39.1 Å². The number of thiophene rings is 1. The number of pyridine rings is 1. The Hall–Kier alpha value is -2.30. The maximum atomic E-state index is 14.1. The minimum absolute atomic E-state index is 0.0112. The van der Waals surface area contributed by atoms with E-state index < -0.39 is 16.0 Å². The lowest BCUT2D eigenvalue weighted by atomic mass is 9.81. The topological polar surface area (TPSA) is 117 Å². The summed E-state index contributed by atoms with van der Waals surface area (Å²) in [5.41, 5.74) is 0.250. The van der Waals surface area contributed by atoms with Crippen LogP contribution in [0.2, 0.25) is 0 Å². The van der Waals surface area contributed by atoms with Crippen LogP contribution in [0.4, 0.5) is 5.69 Å². The number of sulfonamides is 1. The van der Waals surface area contributed by atoms with E-state index in [0.717, 1.165) is 30.6 Å². The van der Waals surface area contributed by atoms with Crippen LogP contribution in [-0.4, -0.2) is 42.5 Å². The summed E-state index contributed by atoms with van der Waals surface area (Å²) in [5.74, 6) is -0.530. The predicted molar refractivity (Wildman–Crippen MR) is 149 cm³/mol. The molecule has 0 spiro atoms. The number of hydrogen-bond acceptors (Lipinski definition) is 6. The van der Waals surface area contributed by atoms with Gasteiger partial charge < -0.3 is 10.0 Å². The van der Waals surface area contributed by atoms with Crippen LogP contribution in [0, 0.1) is 11.8 Å². The average molecular weight is 562 g/mol. The lowest BCUT2D eigenvalue weighted by Gasteiger charge is -2.39. The first-order valence-electron chi connectivity index (χ1n) is 13.5. The number of carboxylic acid groups (broad SMARTS) is 1. The Kier molecular flexibility index (Phi) is 8.64. The molecule has 2 aromatic heterocycles.